The first-order valence-electron chi connectivity index (χ1n) is 7.33. The molecule has 4 heteroatoms. The van der Waals surface area contributed by atoms with Crippen molar-refractivity contribution in [2.45, 2.75) is 38.9 Å². The molecule has 1 unspecified atom stereocenters. The van der Waals surface area contributed by atoms with Gasteiger partial charge in [0.05, 0.1) is 18.3 Å². The highest BCUT2D eigenvalue weighted by Gasteiger charge is 2.30. The van der Waals surface area contributed by atoms with Crippen LogP contribution in [0, 0.1) is 0 Å². The molecule has 4 nitrogen and oxygen atoms in total. The molecule has 1 heterocycles. The SMILES string of the molecule is CC1CN(CCCOc2cccc(N)c2)CC(C)(C)O1. The van der Waals surface area contributed by atoms with E-state index >= 15 is 0 Å². The van der Waals surface area contributed by atoms with Gasteiger partial charge in [-0.2, -0.15) is 0 Å². The molecule has 2 N–H and O–H groups in total. The minimum absolute atomic E-state index is 0.0492. The van der Waals surface area contributed by atoms with E-state index < -0.39 is 0 Å². The summed E-state index contributed by atoms with van der Waals surface area (Å²) in [4.78, 5) is 2.46. The van der Waals surface area contributed by atoms with E-state index in [1.807, 2.05) is 24.3 Å². The van der Waals surface area contributed by atoms with Crippen molar-refractivity contribution < 1.29 is 9.47 Å². The van der Waals surface area contributed by atoms with Gasteiger partial charge in [-0.1, -0.05) is 6.07 Å². The molecule has 1 aromatic carbocycles. The van der Waals surface area contributed by atoms with Crippen molar-refractivity contribution in [2.75, 3.05) is 32.0 Å². The van der Waals surface area contributed by atoms with Gasteiger partial charge in [-0.05, 0) is 39.3 Å². The standard InChI is InChI=1S/C16H26N2O2/c1-13-11-18(12-16(2,3)20-13)8-5-9-19-15-7-4-6-14(17)10-15/h4,6-7,10,13H,5,8-9,11-12,17H2,1-3H3. The molecule has 1 aliphatic heterocycles. The minimum Gasteiger partial charge on any atom is -0.493 e. The summed E-state index contributed by atoms with van der Waals surface area (Å²) in [6, 6.07) is 7.58. The zero-order chi connectivity index (χ0) is 14.6. The van der Waals surface area contributed by atoms with Crippen molar-refractivity contribution in [1.82, 2.24) is 4.90 Å². The number of morpholine rings is 1. The zero-order valence-corrected chi connectivity index (χ0v) is 12.8. The highest BCUT2D eigenvalue weighted by atomic mass is 16.5. The number of hydrogen-bond acceptors (Lipinski definition) is 4. The summed E-state index contributed by atoms with van der Waals surface area (Å²) in [7, 11) is 0. The van der Waals surface area contributed by atoms with Gasteiger partial charge in [-0.15, -0.1) is 0 Å². The first-order valence-corrected chi connectivity index (χ1v) is 7.33. The van der Waals surface area contributed by atoms with Crippen LogP contribution in [0.25, 0.3) is 0 Å². The lowest BCUT2D eigenvalue weighted by Crippen LogP contribution is -2.52. The summed E-state index contributed by atoms with van der Waals surface area (Å²) in [5.41, 5.74) is 6.42. The Hall–Kier alpha value is -1.26. The number of ether oxygens (including phenoxy) is 2. The average Bonchev–Trinajstić information content (AvgIpc) is 2.32. The molecule has 0 radical (unpaired) electrons. The Morgan fingerprint density at radius 1 is 1.45 bits per heavy atom. The van der Waals surface area contributed by atoms with Crippen LogP contribution in [0.15, 0.2) is 24.3 Å². The average molecular weight is 278 g/mol. The van der Waals surface area contributed by atoms with E-state index in [0.29, 0.717) is 6.10 Å². The summed E-state index contributed by atoms with van der Waals surface area (Å²) < 4.78 is 11.6. The molecule has 112 valence electrons. The van der Waals surface area contributed by atoms with Gasteiger partial charge in [-0.3, -0.25) is 4.90 Å². The predicted octanol–water partition coefficient (Wildman–Crippen LogP) is 2.54. The van der Waals surface area contributed by atoms with Crippen molar-refractivity contribution in [3.63, 3.8) is 0 Å². The summed E-state index contributed by atoms with van der Waals surface area (Å²) in [5, 5.41) is 0. The van der Waals surface area contributed by atoms with E-state index in [0.717, 1.165) is 44.1 Å². The fourth-order valence-electron chi connectivity index (χ4n) is 2.84. The van der Waals surface area contributed by atoms with Crippen LogP contribution >= 0.6 is 0 Å². The predicted molar refractivity (Wildman–Crippen MR) is 82.0 cm³/mol. The van der Waals surface area contributed by atoms with Crippen LogP contribution in [-0.2, 0) is 4.74 Å². The molecule has 0 aromatic heterocycles. The minimum atomic E-state index is -0.0492. The quantitative estimate of drug-likeness (QED) is 0.664. The largest absolute Gasteiger partial charge is 0.493 e. The lowest BCUT2D eigenvalue weighted by Gasteiger charge is -2.41. The molecule has 1 saturated heterocycles. The third-order valence-corrected chi connectivity index (χ3v) is 3.39. The maximum Gasteiger partial charge on any atom is 0.121 e. The Kier molecular flexibility index (Phi) is 4.89. The van der Waals surface area contributed by atoms with Gasteiger partial charge in [0.1, 0.15) is 5.75 Å². The summed E-state index contributed by atoms with van der Waals surface area (Å²) >= 11 is 0. The molecule has 0 bridgehead atoms. The number of benzene rings is 1. The van der Waals surface area contributed by atoms with Gasteiger partial charge in [-0.25, -0.2) is 0 Å². The van der Waals surface area contributed by atoms with Gasteiger partial charge in [0, 0.05) is 31.4 Å². The smallest absolute Gasteiger partial charge is 0.121 e. The maximum absolute atomic E-state index is 5.91. The van der Waals surface area contributed by atoms with Gasteiger partial charge in [0.2, 0.25) is 0 Å². The number of rotatable bonds is 5. The first-order chi connectivity index (χ1) is 9.44. The first kappa shape index (κ1) is 15.1. The summed E-state index contributed by atoms with van der Waals surface area (Å²) in [6.45, 7) is 10.2. The highest BCUT2D eigenvalue weighted by Crippen LogP contribution is 2.21. The van der Waals surface area contributed by atoms with Crippen LogP contribution in [-0.4, -0.2) is 42.8 Å². The molecular weight excluding hydrogens is 252 g/mol. The van der Waals surface area contributed by atoms with E-state index in [9.17, 15) is 0 Å². The van der Waals surface area contributed by atoms with E-state index in [4.69, 9.17) is 15.2 Å². The van der Waals surface area contributed by atoms with Crippen LogP contribution in [0.4, 0.5) is 5.69 Å². The third kappa shape index (κ3) is 4.69. The van der Waals surface area contributed by atoms with E-state index in [-0.39, 0.29) is 5.60 Å². The monoisotopic (exact) mass is 278 g/mol. The fourth-order valence-corrected chi connectivity index (χ4v) is 2.84. The molecule has 2 rings (SSSR count). The zero-order valence-electron chi connectivity index (χ0n) is 12.8. The lowest BCUT2D eigenvalue weighted by atomic mass is 10.1. The van der Waals surface area contributed by atoms with Crippen molar-refractivity contribution in [1.29, 1.82) is 0 Å². The van der Waals surface area contributed by atoms with Crippen molar-refractivity contribution in [3.8, 4) is 5.75 Å². The van der Waals surface area contributed by atoms with Gasteiger partial charge in [0.15, 0.2) is 0 Å². The Morgan fingerprint density at radius 2 is 2.25 bits per heavy atom. The number of anilines is 1. The Labute approximate surface area is 121 Å². The molecule has 0 spiro atoms. The molecule has 0 saturated carbocycles. The second kappa shape index (κ2) is 6.46. The van der Waals surface area contributed by atoms with E-state index in [2.05, 4.69) is 25.7 Å². The summed E-state index contributed by atoms with van der Waals surface area (Å²) in [5.74, 6) is 0.848. The number of nitrogen functional groups attached to an aromatic ring is 1. The number of hydrogen-bond donors (Lipinski definition) is 1. The maximum atomic E-state index is 5.91. The van der Waals surface area contributed by atoms with Crippen molar-refractivity contribution in [2.24, 2.45) is 0 Å². The molecule has 1 aromatic rings. The Morgan fingerprint density at radius 3 is 2.95 bits per heavy atom. The second-order valence-corrected chi connectivity index (χ2v) is 6.20. The van der Waals surface area contributed by atoms with Crippen LogP contribution in [0.1, 0.15) is 27.2 Å². The van der Waals surface area contributed by atoms with E-state index in [1.165, 1.54) is 0 Å². The molecule has 20 heavy (non-hydrogen) atoms. The Balaban J connectivity index is 1.71. The molecule has 1 fully saturated rings. The van der Waals surface area contributed by atoms with Crippen molar-refractivity contribution >= 4 is 5.69 Å². The molecule has 0 aliphatic carbocycles. The second-order valence-electron chi connectivity index (χ2n) is 6.20. The Bertz CT molecular complexity index is 434. The van der Waals surface area contributed by atoms with Crippen LogP contribution in [0.3, 0.4) is 0 Å². The molecule has 1 atom stereocenters. The normalized spacial score (nSPS) is 22.6. The van der Waals surface area contributed by atoms with E-state index in [1.54, 1.807) is 0 Å². The number of nitrogens with two attached hydrogens (primary N) is 1. The summed E-state index contributed by atoms with van der Waals surface area (Å²) in [6.07, 6.45) is 1.31. The van der Waals surface area contributed by atoms with Crippen molar-refractivity contribution in [3.05, 3.63) is 24.3 Å². The van der Waals surface area contributed by atoms with Crippen LogP contribution < -0.4 is 10.5 Å². The van der Waals surface area contributed by atoms with Crippen LogP contribution in [0.5, 0.6) is 5.75 Å². The van der Waals surface area contributed by atoms with Gasteiger partial charge in [0.25, 0.3) is 0 Å². The van der Waals surface area contributed by atoms with Gasteiger partial charge < -0.3 is 15.2 Å². The fraction of sp³-hybridized carbons (Fsp3) is 0.625. The highest BCUT2D eigenvalue weighted by molar-refractivity contribution is 5.43. The molecular formula is C16H26N2O2. The topological polar surface area (TPSA) is 47.7 Å². The van der Waals surface area contributed by atoms with Crippen LogP contribution in [0.2, 0.25) is 0 Å². The van der Waals surface area contributed by atoms with Gasteiger partial charge >= 0.3 is 0 Å². The molecule has 1 aliphatic rings. The lowest BCUT2D eigenvalue weighted by molar-refractivity contribution is -0.129. The molecule has 0 amide bonds. The number of nitrogens with zero attached hydrogens (tertiary/aromatic N) is 1. The third-order valence-electron chi connectivity index (χ3n) is 3.39.